The number of hydrogen-bond acceptors (Lipinski definition) is 1. The third kappa shape index (κ3) is 4.12. The molecule has 0 aromatic carbocycles. The fraction of sp³-hybridized carbons (Fsp3) is 0.545. The van der Waals surface area contributed by atoms with Crippen LogP contribution in [0.3, 0.4) is 0 Å². The summed E-state index contributed by atoms with van der Waals surface area (Å²) in [6.45, 7) is 10.4. The van der Waals surface area contributed by atoms with Crippen molar-refractivity contribution in [2.75, 3.05) is 0 Å². The first-order chi connectivity index (χ1) is 5.61. The minimum Gasteiger partial charge on any atom is -0.266 e. The van der Waals surface area contributed by atoms with Gasteiger partial charge in [0, 0.05) is 11.9 Å². The van der Waals surface area contributed by atoms with Gasteiger partial charge < -0.3 is 0 Å². The van der Waals surface area contributed by atoms with Gasteiger partial charge in [-0.25, -0.2) is 0 Å². The maximum absolute atomic E-state index is 4.18. The van der Waals surface area contributed by atoms with Crippen molar-refractivity contribution in [3.8, 4) is 0 Å². The molecule has 0 spiro atoms. The minimum absolute atomic E-state index is 1.07. The zero-order valence-electron chi connectivity index (χ0n) is 8.81. The molecule has 1 heteroatoms. The molecule has 0 bridgehead atoms. The van der Waals surface area contributed by atoms with Crippen LogP contribution >= 0.6 is 0 Å². The van der Waals surface area contributed by atoms with Gasteiger partial charge in [-0.05, 0) is 40.2 Å². The molecule has 0 aliphatic heterocycles. The Morgan fingerprint density at radius 1 is 1.25 bits per heavy atom. The summed E-state index contributed by atoms with van der Waals surface area (Å²) in [5, 5.41) is 0. The number of rotatable bonds is 3. The largest absolute Gasteiger partial charge is 0.266 e. The highest BCUT2D eigenvalue weighted by atomic mass is 14.7. The van der Waals surface area contributed by atoms with Crippen molar-refractivity contribution in [1.82, 2.24) is 0 Å². The van der Waals surface area contributed by atoms with Gasteiger partial charge in [-0.2, -0.15) is 0 Å². The first-order valence-electron chi connectivity index (χ1n) is 4.45. The molecule has 0 aliphatic rings. The standard InChI is InChI=1S/C11H19N/c1-6-9(3)10(4)8-11(5)12-7-2/h7-8H,6H2,1-5H3/b10-9+,11-8-,12-7-. The number of allylic oxidation sites excluding steroid dienone is 4. The fourth-order valence-corrected chi connectivity index (χ4v) is 0.956. The quantitative estimate of drug-likeness (QED) is 0.446. The normalized spacial score (nSPS) is 15.2. The number of hydrogen-bond donors (Lipinski definition) is 0. The first kappa shape index (κ1) is 11.2. The van der Waals surface area contributed by atoms with Crippen molar-refractivity contribution < 1.29 is 0 Å². The fourth-order valence-electron chi connectivity index (χ4n) is 0.956. The molecule has 1 nitrogen and oxygen atoms in total. The molecule has 0 saturated carbocycles. The molecule has 0 saturated heterocycles. The Bertz CT molecular complexity index is 219. The highest BCUT2D eigenvalue weighted by molar-refractivity contribution is 5.55. The van der Waals surface area contributed by atoms with Crippen LogP contribution in [0, 0.1) is 0 Å². The maximum atomic E-state index is 4.18. The molecule has 0 aromatic heterocycles. The van der Waals surface area contributed by atoms with E-state index in [4.69, 9.17) is 0 Å². The van der Waals surface area contributed by atoms with E-state index in [1.807, 2.05) is 20.1 Å². The molecular weight excluding hydrogens is 146 g/mol. The Kier molecular flexibility index (Phi) is 5.35. The monoisotopic (exact) mass is 165 g/mol. The Balaban J connectivity index is 4.52. The van der Waals surface area contributed by atoms with Gasteiger partial charge in [0.1, 0.15) is 0 Å². The number of aliphatic imine (C=N–C) groups is 1. The van der Waals surface area contributed by atoms with Crippen molar-refractivity contribution in [3.63, 3.8) is 0 Å². The van der Waals surface area contributed by atoms with Gasteiger partial charge in [-0.3, -0.25) is 4.99 Å². The number of nitrogens with zero attached hydrogens (tertiary/aromatic N) is 1. The molecule has 68 valence electrons. The molecule has 0 fully saturated rings. The summed E-state index contributed by atoms with van der Waals surface area (Å²) in [7, 11) is 0. The van der Waals surface area contributed by atoms with Crippen LogP contribution in [-0.4, -0.2) is 6.21 Å². The lowest BCUT2D eigenvalue weighted by atomic mass is 10.1. The zero-order valence-corrected chi connectivity index (χ0v) is 8.81. The third-order valence-corrected chi connectivity index (χ3v) is 1.96. The average Bonchev–Trinajstić information content (AvgIpc) is 2.03. The summed E-state index contributed by atoms with van der Waals surface area (Å²) in [4.78, 5) is 4.18. The molecule has 12 heavy (non-hydrogen) atoms. The summed E-state index contributed by atoms with van der Waals surface area (Å²) < 4.78 is 0. The molecule has 0 aromatic rings. The smallest absolute Gasteiger partial charge is 0.0371 e. The summed E-state index contributed by atoms with van der Waals surface area (Å²) in [5.41, 5.74) is 3.84. The van der Waals surface area contributed by atoms with Crippen LogP contribution in [0.5, 0.6) is 0 Å². The van der Waals surface area contributed by atoms with Gasteiger partial charge in [-0.15, -0.1) is 0 Å². The predicted molar refractivity (Wildman–Crippen MR) is 56.6 cm³/mol. The van der Waals surface area contributed by atoms with Crippen molar-refractivity contribution in [2.24, 2.45) is 4.99 Å². The third-order valence-electron chi connectivity index (χ3n) is 1.96. The topological polar surface area (TPSA) is 12.4 Å². The molecule has 0 amide bonds. The van der Waals surface area contributed by atoms with E-state index < -0.39 is 0 Å². The minimum atomic E-state index is 1.07. The lowest BCUT2D eigenvalue weighted by molar-refractivity contribution is 1.07. The Hall–Kier alpha value is -0.850. The van der Waals surface area contributed by atoms with Gasteiger partial charge in [-0.1, -0.05) is 18.1 Å². The van der Waals surface area contributed by atoms with Crippen molar-refractivity contribution in [2.45, 2.75) is 41.0 Å². The van der Waals surface area contributed by atoms with Crippen LogP contribution in [0.25, 0.3) is 0 Å². The van der Waals surface area contributed by atoms with Crippen LogP contribution < -0.4 is 0 Å². The van der Waals surface area contributed by atoms with Gasteiger partial charge in [0.2, 0.25) is 0 Å². The van der Waals surface area contributed by atoms with Crippen molar-refractivity contribution >= 4 is 6.21 Å². The second kappa shape index (κ2) is 5.76. The molecule has 0 heterocycles. The summed E-state index contributed by atoms with van der Waals surface area (Å²) in [6.07, 6.45) is 5.06. The van der Waals surface area contributed by atoms with E-state index in [9.17, 15) is 0 Å². The van der Waals surface area contributed by atoms with E-state index in [0.29, 0.717) is 0 Å². The Labute approximate surface area is 75.9 Å². The van der Waals surface area contributed by atoms with Gasteiger partial charge in [0.05, 0.1) is 0 Å². The molecule has 0 unspecified atom stereocenters. The average molecular weight is 165 g/mol. The lowest BCUT2D eigenvalue weighted by Crippen LogP contribution is -1.80. The first-order valence-corrected chi connectivity index (χ1v) is 4.45. The lowest BCUT2D eigenvalue weighted by Gasteiger charge is -2.00. The van der Waals surface area contributed by atoms with Gasteiger partial charge in [0.15, 0.2) is 0 Å². The van der Waals surface area contributed by atoms with Crippen LogP contribution in [0.15, 0.2) is 27.9 Å². The van der Waals surface area contributed by atoms with Crippen molar-refractivity contribution in [1.29, 1.82) is 0 Å². The van der Waals surface area contributed by atoms with Gasteiger partial charge >= 0.3 is 0 Å². The maximum Gasteiger partial charge on any atom is 0.0371 e. The van der Waals surface area contributed by atoms with E-state index in [2.05, 4.69) is 31.8 Å². The molecule has 0 rings (SSSR count). The second-order valence-electron chi connectivity index (χ2n) is 2.99. The summed E-state index contributed by atoms with van der Waals surface area (Å²) in [6, 6.07) is 0. The van der Waals surface area contributed by atoms with E-state index >= 15 is 0 Å². The van der Waals surface area contributed by atoms with E-state index in [1.54, 1.807) is 0 Å². The highest BCUT2D eigenvalue weighted by Crippen LogP contribution is 2.10. The predicted octanol–water partition coefficient (Wildman–Crippen LogP) is 3.73. The molecule has 0 aliphatic carbocycles. The van der Waals surface area contributed by atoms with E-state index in [-0.39, 0.29) is 0 Å². The molecule has 0 atom stereocenters. The molecule has 0 radical (unpaired) electrons. The summed E-state index contributed by atoms with van der Waals surface area (Å²) >= 11 is 0. The van der Waals surface area contributed by atoms with Crippen LogP contribution in [0.4, 0.5) is 0 Å². The second-order valence-corrected chi connectivity index (χ2v) is 2.99. The van der Waals surface area contributed by atoms with E-state index in [0.717, 1.165) is 12.1 Å². The Morgan fingerprint density at radius 3 is 2.25 bits per heavy atom. The SMILES string of the molecule is C\C=N/C(C)=C\C(C)=C(/C)CC. The van der Waals surface area contributed by atoms with Crippen LogP contribution in [0.2, 0.25) is 0 Å². The summed E-state index contributed by atoms with van der Waals surface area (Å²) in [5.74, 6) is 0. The van der Waals surface area contributed by atoms with E-state index in [1.165, 1.54) is 11.1 Å². The Morgan fingerprint density at radius 2 is 1.83 bits per heavy atom. The molecular formula is C11H19N. The van der Waals surface area contributed by atoms with Crippen molar-refractivity contribution in [3.05, 3.63) is 22.9 Å². The van der Waals surface area contributed by atoms with Gasteiger partial charge in [0.25, 0.3) is 0 Å². The molecule has 0 N–H and O–H groups in total. The van der Waals surface area contributed by atoms with Crippen LogP contribution in [-0.2, 0) is 0 Å². The zero-order chi connectivity index (χ0) is 9.56. The van der Waals surface area contributed by atoms with Crippen LogP contribution in [0.1, 0.15) is 41.0 Å². The highest BCUT2D eigenvalue weighted by Gasteiger charge is 1.91.